The lowest BCUT2D eigenvalue weighted by molar-refractivity contribution is 0.609. The molecule has 0 bridgehead atoms. The molecule has 3 rings (SSSR count). The average molecular weight is 426 g/mol. The van der Waals surface area contributed by atoms with Crippen molar-refractivity contribution in [1.82, 2.24) is 15.0 Å². The molecule has 2 aromatic heterocycles. The predicted octanol–water partition coefficient (Wildman–Crippen LogP) is 4.59. The molecule has 6 nitrogen and oxygen atoms in total. The number of pyridine rings is 1. The monoisotopic (exact) mass is 425 g/mol. The topological polar surface area (TPSA) is 94.5 Å². The highest BCUT2D eigenvalue weighted by Gasteiger charge is 2.23. The van der Waals surface area contributed by atoms with Gasteiger partial charge in [0.2, 0.25) is 0 Å². The van der Waals surface area contributed by atoms with Crippen molar-refractivity contribution in [2.24, 2.45) is 0 Å². The second kappa shape index (κ2) is 7.48. The minimum absolute atomic E-state index is 0.0303. The molecule has 0 aliphatic carbocycles. The quantitative estimate of drug-likeness (QED) is 0.557. The number of anilines is 1. The molecule has 1 aromatic carbocycles. The molecule has 0 radical (unpaired) electrons. The van der Waals surface area contributed by atoms with Crippen LogP contribution < -0.4 is 5.32 Å². The fourth-order valence-electron chi connectivity index (χ4n) is 2.76. The molecule has 2 atom stereocenters. The van der Waals surface area contributed by atoms with Crippen molar-refractivity contribution in [3.05, 3.63) is 69.8 Å². The average Bonchev–Trinajstić information content (AvgIpc) is 3.00. The number of aromatic nitrogens is 3. The first-order chi connectivity index (χ1) is 13.1. The van der Waals surface area contributed by atoms with Crippen LogP contribution in [0.1, 0.15) is 28.8 Å². The fraction of sp³-hybridized carbons (Fsp3) is 0.222. The number of H-pyrrole nitrogens is 1. The van der Waals surface area contributed by atoms with E-state index in [4.69, 9.17) is 16.4 Å². The van der Waals surface area contributed by atoms with Crippen molar-refractivity contribution in [2.75, 3.05) is 11.6 Å². The normalized spacial score (nSPS) is 14.5. The Bertz CT molecular complexity index is 1150. The number of halogens is 3. The molecule has 0 amide bonds. The van der Waals surface area contributed by atoms with Crippen molar-refractivity contribution in [3.63, 3.8) is 0 Å². The van der Waals surface area contributed by atoms with Gasteiger partial charge in [-0.25, -0.2) is 27.7 Å². The smallest absolute Gasteiger partial charge is 0.156 e. The van der Waals surface area contributed by atoms with Crippen LogP contribution in [0.3, 0.4) is 0 Å². The highest BCUT2D eigenvalue weighted by Crippen LogP contribution is 2.29. The van der Waals surface area contributed by atoms with E-state index >= 15 is 0 Å². The summed E-state index contributed by atoms with van der Waals surface area (Å²) < 4.78 is 47.5. The fourth-order valence-corrected chi connectivity index (χ4v) is 3.78. The summed E-state index contributed by atoms with van der Waals surface area (Å²) in [6, 6.07) is 6.27. The van der Waals surface area contributed by atoms with Gasteiger partial charge in [-0.05, 0) is 43.7 Å². The number of rotatable bonds is 5. The molecular weight excluding hydrogens is 408 g/mol. The molecule has 0 fully saturated rings. The number of nitrogens with zero attached hydrogens (tertiary/aromatic N) is 2. The Kier molecular flexibility index (Phi) is 5.40. The Morgan fingerprint density at radius 2 is 1.89 bits per heavy atom. The summed E-state index contributed by atoms with van der Waals surface area (Å²) in [7, 11) is -3.06. The Labute approximate surface area is 166 Å². The maximum Gasteiger partial charge on any atom is 0.156 e. The van der Waals surface area contributed by atoms with Gasteiger partial charge in [-0.15, -0.1) is 0 Å². The third-order valence-electron chi connectivity index (χ3n) is 4.09. The first-order valence-corrected chi connectivity index (χ1v) is 10.6. The molecule has 28 heavy (non-hydrogen) atoms. The van der Waals surface area contributed by atoms with Crippen molar-refractivity contribution in [2.45, 2.75) is 24.9 Å². The van der Waals surface area contributed by atoms with E-state index < -0.39 is 27.4 Å². The summed E-state index contributed by atoms with van der Waals surface area (Å²) in [6.07, 6.45) is 1.27. The van der Waals surface area contributed by atoms with Crippen molar-refractivity contribution in [1.29, 1.82) is 4.78 Å². The first kappa shape index (κ1) is 20.2. The van der Waals surface area contributed by atoms with Gasteiger partial charge in [0, 0.05) is 11.9 Å². The Morgan fingerprint density at radius 1 is 1.18 bits per heavy atom. The van der Waals surface area contributed by atoms with Crippen LogP contribution in [0.25, 0.3) is 0 Å². The Balaban J connectivity index is 2.11. The van der Waals surface area contributed by atoms with Crippen LogP contribution in [0, 0.1) is 30.3 Å². The lowest BCUT2D eigenvalue weighted by Gasteiger charge is -2.18. The summed E-state index contributed by atoms with van der Waals surface area (Å²) in [5.74, 6) is -0.397. The highest BCUT2D eigenvalue weighted by atomic mass is 35.5. The van der Waals surface area contributed by atoms with Crippen LogP contribution in [-0.2, 0) is 9.73 Å². The number of benzene rings is 1. The maximum absolute atomic E-state index is 14.1. The lowest BCUT2D eigenvalue weighted by atomic mass is 10.1. The second-order valence-corrected chi connectivity index (χ2v) is 8.89. The zero-order valence-electron chi connectivity index (χ0n) is 15.3. The van der Waals surface area contributed by atoms with Gasteiger partial charge in [-0.3, -0.25) is 0 Å². The Morgan fingerprint density at radius 3 is 2.46 bits per heavy atom. The van der Waals surface area contributed by atoms with Gasteiger partial charge in [0.25, 0.3) is 0 Å². The van der Waals surface area contributed by atoms with Gasteiger partial charge in [0.1, 0.15) is 29.3 Å². The van der Waals surface area contributed by atoms with E-state index in [2.05, 4.69) is 20.3 Å². The van der Waals surface area contributed by atoms with Crippen LogP contribution in [-0.4, -0.2) is 25.4 Å². The molecule has 0 aliphatic heterocycles. The highest BCUT2D eigenvalue weighted by molar-refractivity contribution is 7.91. The SMILES string of the molecule is Cc1nc(N[C@H](c2ccc(Cl)c(F)c2)c2nc([S@](C)(=N)=O)c(C)[nH]2)ccc1F. The third-order valence-corrected chi connectivity index (χ3v) is 5.53. The lowest BCUT2D eigenvalue weighted by Crippen LogP contribution is -2.16. The molecule has 148 valence electrons. The molecule has 3 N–H and O–H groups in total. The molecule has 3 aromatic rings. The maximum atomic E-state index is 14.1. The van der Waals surface area contributed by atoms with Gasteiger partial charge in [0.05, 0.1) is 20.4 Å². The van der Waals surface area contributed by atoms with E-state index in [9.17, 15) is 13.0 Å². The number of nitrogens with one attached hydrogen (secondary N) is 3. The molecule has 0 spiro atoms. The van der Waals surface area contributed by atoms with E-state index in [0.717, 1.165) is 0 Å². The van der Waals surface area contributed by atoms with E-state index in [1.54, 1.807) is 13.0 Å². The minimum atomic E-state index is -3.06. The predicted molar refractivity (Wildman–Crippen MR) is 104 cm³/mol. The van der Waals surface area contributed by atoms with E-state index in [0.29, 0.717) is 22.9 Å². The van der Waals surface area contributed by atoms with E-state index in [1.165, 1.54) is 37.4 Å². The summed E-state index contributed by atoms with van der Waals surface area (Å²) in [5, 5.41) is 3.17. The molecular formula is C18H18ClF2N5OS. The second-order valence-electron chi connectivity index (χ2n) is 6.41. The Hall–Kier alpha value is -2.52. The molecule has 2 heterocycles. The van der Waals surface area contributed by atoms with Gasteiger partial charge < -0.3 is 10.3 Å². The summed E-state index contributed by atoms with van der Waals surface area (Å²) in [4.78, 5) is 11.4. The van der Waals surface area contributed by atoms with Crippen molar-refractivity contribution in [3.8, 4) is 0 Å². The molecule has 0 aliphatic rings. The number of aromatic amines is 1. The van der Waals surface area contributed by atoms with E-state index in [-0.39, 0.29) is 15.7 Å². The first-order valence-electron chi connectivity index (χ1n) is 8.21. The third kappa shape index (κ3) is 4.15. The van der Waals surface area contributed by atoms with Gasteiger partial charge in [-0.2, -0.15) is 0 Å². The largest absolute Gasteiger partial charge is 0.356 e. The van der Waals surface area contributed by atoms with Gasteiger partial charge >= 0.3 is 0 Å². The van der Waals surface area contributed by atoms with Gasteiger partial charge in [-0.1, -0.05) is 17.7 Å². The number of aryl methyl sites for hydroxylation is 2. The molecule has 0 saturated heterocycles. The van der Waals surface area contributed by atoms with Crippen molar-refractivity contribution >= 4 is 27.1 Å². The molecule has 0 saturated carbocycles. The van der Waals surface area contributed by atoms with Crippen molar-refractivity contribution < 1.29 is 13.0 Å². The minimum Gasteiger partial charge on any atom is -0.356 e. The van der Waals surface area contributed by atoms with E-state index in [1.807, 2.05) is 0 Å². The zero-order valence-corrected chi connectivity index (χ0v) is 16.9. The van der Waals surface area contributed by atoms with Crippen LogP contribution in [0.15, 0.2) is 35.4 Å². The summed E-state index contributed by atoms with van der Waals surface area (Å²) >= 11 is 5.78. The number of hydrogen-bond acceptors (Lipinski definition) is 5. The van der Waals surface area contributed by atoms with Gasteiger partial charge in [0.15, 0.2) is 5.03 Å². The molecule has 0 unspecified atom stereocenters. The van der Waals surface area contributed by atoms with Crippen LogP contribution in [0.4, 0.5) is 14.6 Å². The van der Waals surface area contributed by atoms with Crippen LogP contribution in [0.2, 0.25) is 5.02 Å². The zero-order chi connectivity index (χ0) is 20.6. The van der Waals surface area contributed by atoms with Crippen LogP contribution >= 0.6 is 11.6 Å². The number of imidazole rings is 1. The standard InChI is InChI=1S/C18H18ClF2N5OS/c1-9-13(20)6-7-15(23-9)25-16(11-4-5-12(19)14(21)8-11)17-24-10(2)18(26-17)28(3,22)27/h4-8,16,22H,1-3H3,(H,23,25)(H,24,26)/t16-,28-/m1/s1. The molecule has 10 heteroatoms. The van der Waals surface area contributed by atoms with Crippen LogP contribution in [0.5, 0.6) is 0 Å². The number of hydrogen-bond donors (Lipinski definition) is 3. The summed E-state index contributed by atoms with van der Waals surface area (Å²) in [6.45, 7) is 3.18. The summed E-state index contributed by atoms with van der Waals surface area (Å²) in [5.41, 5.74) is 1.14.